The highest BCUT2D eigenvalue weighted by atomic mass is 16.5. The summed E-state index contributed by atoms with van der Waals surface area (Å²) in [7, 11) is 3.39. The van der Waals surface area contributed by atoms with Crippen molar-refractivity contribution in [1.82, 2.24) is 19.3 Å². The first-order valence-electron chi connectivity index (χ1n) is 7.25. The van der Waals surface area contributed by atoms with Gasteiger partial charge in [0.05, 0.1) is 18.0 Å². The summed E-state index contributed by atoms with van der Waals surface area (Å²) < 4.78 is 8.81. The number of hydrogen-bond donors (Lipinski definition) is 1. The Balaban J connectivity index is 2.29. The van der Waals surface area contributed by atoms with E-state index in [0.717, 1.165) is 16.5 Å². The Hall–Kier alpha value is -2.83. The maximum Gasteiger partial charge on any atom is 0.352 e. The molecule has 3 aromatic rings. The number of rotatable bonds is 4. The molecule has 3 rings (SSSR count). The van der Waals surface area contributed by atoms with Crippen molar-refractivity contribution in [2.24, 2.45) is 7.05 Å². The highest BCUT2D eigenvalue weighted by Gasteiger charge is 2.21. The average Bonchev–Trinajstić information content (AvgIpc) is 3.09. The average molecular weight is 314 g/mol. The van der Waals surface area contributed by atoms with Gasteiger partial charge in [-0.05, 0) is 26.0 Å². The van der Waals surface area contributed by atoms with Crippen LogP contribution in [0.1, 0.15) is 30.4 Å². The molecule has 0 saturated heterocycles. The number of carboxylic acid groups (broad SMARTS) is 1. The minimum Gasteiger partial charge on any atom is -0.480 e. The predicted molar refractivity (Wildman–Crippen MR) is 85.8 cm³/mol. The van der Waals surface area contributed by atoms with E-state index in [1.165, 1.54) is 0 Å². The van der Waals surface area contributed by atoms with Gasteiger partial charge in [0.1, 0.15) is 11.4 Å². The molecule has 3 aromatic heterocycles. The fraction of sp³-hybridized carbons (Fsp3) is 0.312. The van der Waals surface area contributed by atoms with Crippen LogP contribution in [0.15, 0.2) is 24.5 Å². The largest absolute Gasteiger partial charge is 0.480 e. The van der Waals surface area contributed by atoms with E-state index in [4.69, 9.17) is 4.74 Å². The van der Waals surface area contributed by atoms with Gasteiger partial charge < -0.3 is 14.4 Å². The van der Waals surface area contributed by atoms with Crippen LogP contribution in [-0.2, 0) is 7.05 Å². The van der Waals surface area contributed by atoms with Crippen LogP contribution in [0, 0.1) is 0 Å². The number of fused-ring (bicyclic) bond motifs is 1. The normalized spacial score (nSPS) is 11.3. The molecule has 7 heteroatoms. The van der Waals surface area contributed by atoms with Gasteiger partial charge >= 0.3 is 5.97 Å². The number of aromatic carboxylic acids is 1. The number of aromatic nitrogens is 4. The van der Waals surface area contributed by atoms with E-state index in [1.54, 1.807) is 28.6 Å². The number of carboxylic acids is 1. The Morgan fingerprint density at radius 3 is 2.70 bits per heavy atom. The second kappa shape index (κ2) is 5.42. The zero-order valence-corrected chi connectivity index (χ0v) is 13.4. The van der Waals surface area contributed by atoms with Crippen molar-refractivity contribution in [3.8, 4) is 17.1 Å². The van der Waals surface area contributed by atoms with Crippen LogP contribution < -0.4 is 4.74 Å². The minimum absolute atomic E-state index is 0.0323. The molecule has 0 atom stereocenters. The summed E-state index contributed by atoms with van der Waals surface area (Å²) in [6.07, 6.45) is 3.47. The van der Waals surface area contributed by atoms with Crippen molar-refractivity contribution >= 4 is 16.9 Å². The van der Waals surface area contributed by atoms with Gasteiger partial charge in [0.25, 0.3) is 0 Å². The molecule has 0 saturated carbocycles. The lowest BCUT2D eigenvalue weighted by molar-refractivity contribution is 0.0683. The Labute approximate surface area is 133 Å². The topological polar surface area (TPSA) is 82.2 Å². The van der Waals surface area contributed by atoms with Gasteiger partial charge in [-0.25, -0.2) is 9.78 Å². The Bertz CT molecular complexity index is 892. The first-order chi connectivity index (χ1) is 10.9. The number of hydrogen-bond acceptors (Lipinski definition) is 4. The lowest BCUT2D eigenvalue weighted by Crippen LogP contribution is -2.09. The molecule has 0 amide bonds. The standard InChI is InChI=1S/C16H18N4O3/c1-9(2)20-8-10(7-12(20)16(21)22)14-13-11(19(3)18-14)5-6-17-15(13)23-4/h5-9H,1-4H3,(H,21,22). The second-order valence-electron chi connectivity index (χ2n) is 5.61. The summed E-state index contributed by atoms with van der Waals surface area (Å²) in [5.41, 5.74) is 2.50. The third kappa shape index (κ3) is 2.34. The SMILES string of the molecule is COc1nccc2c1c(-c1cc(C(=O)O)n(C(C)C)c1)nn2C. The lowest BCUT2D eigenvalue weighted by atomic mass is 10.1. The van der Waals surface area contributed by atoms with E-state index in [0.29, 0.717) is 11.6 Å². The van der Waals surface area contributed by atoms with Gasteiger partial charge in [0, 0.05) is 31.0 Å². The zero-order chi connectivity index (χ0) is 16.7. The summed E-state index contributed by atoms with van der Waals surface area (Å²) in [6, 6.07) is 3.52. The minimum atomic E-state index is -0.963. The molecule has 0 aromatic carbocycles. The van der Waals surface area contributed by atoms with E-state index >= 15 is 0 Å². The molecule has 0 bridgehead atoms. The summed E-state index contributed by atoms with van der Waals surface area (Å²) in [5, 5.41) is 14.7. The molecule has 3 heterocycles. The van der Waals surface area contributed by atoms with Crippen molar-refractivity contribution < 1.29 is 14.6 Å². The Morgan fingerprint density at radius 2 is 2.13 bits per heavy atom. The highest BCUT2D eigenvalue weighted by molar-refractivity contribution is 5.98. The molecule has 7 nitrogen and oxygen atoms in total. The molecule has 0 aliphatic carbocycles. The zero-order valence-electron chi connectivity index (χ0n) is 13.4. The maximum absolute atomic E-state index is 11.5. The van der Waals surface area contributed by atoms with Crippen molar-refractivity contribution in [3.05, 3.63) is 30.2 Å². The molecule has 0 radical (unpaired) electrons. The van der Waals surface area contributed by atoms with E-state index in [-0.39, 0.29) is 11.7 Å². The highest BCUT2D eigenvalue weighted by Crippen LogP contribution is 2.34. The molecular weight excluding hydrogens is 296 g/mol. The van der Waals surface area contributed by atoms with Crippen LogP contribution in [-0.4, -0.2) is 37.5 Å². The first-order valence-corrected chi connectivity index (χ1v) is 7.25. The number of pyridine rings is 1. The molecule has 0 spiro atoms. The van der Waals surface area contributed by atoms with Gasteiger partial charge in [-0.3, -0.25) is 4.68 Å². The molecule has 0 fully saturated rings. The number of carbonyl (C=O) groups is 1. The van der Waals surface area contributed by atoms with Crippen LogP contribution >= 0.6 is 0 Å². The Kier molecular flexibility index (Phi) is 3.55. The van der Waals surface area contributed by atoms with Gasteiger partial charge in [-0.15, -0.1) is 0 Å². The number of methoxy groups -OCH3 is 1. The second-order valence-corrected chi connectivity index (χ2v) is 5.61. The molecular formula is C16H18N4O3. The van der Waals surface area contributed by atoms with Crippen molar-refractivity contribution in [3.63, 3.8) is 0 Å². The Morgan fingerprint density at radius 1 is 1.39 bits per heavy atom. The molecule has 0 aliphatic heterocycles. The quantitative estimate of drug-likeness (QED) is 0.800. The summed E-state index contributed by atoms with van der Waals surface area (Å²) in [6.45, 7) is 3.88. The molecule has 1 N–H and O–H groups in total. The van der Waals surface area contributed by atoms with E-state index < -0.39 is 5.97 Å². The van der Waals surface area contributed by atoms with Gasteiger partial charge in [0.15, 0.2) is 0 Å². The lowest BCUT2D eigenvalue weighted by Gasteiger charge is -2.09. The molecule has 0 aliphatic rings. The van der Waals surface area contributed by atoms with Gasteiger partial charge in [-0.1, -0.05) is 0 Å². The van der Waals surface area contributed by atoms with Crippen LogP contribution in [0.25, 0.3) is 22.2 Å². The van der Waals surface area contributed by atoms with Crippen molar-refractivity contribution in [2.75, 3.05) is 7.11 Å². The summed E-state index contributed by atoms with van der Waals surface area (Å²) in [4.78, 5) is 15.7. The number of ether oxygens (including phenoxy) is 1. The fourth-order valence-corrected chi connectivity index (χ4v) is 2.74. The van der Waals surface area contributed by atoms with Crippen LogP contribution in [0.3, 0.4) is 0 Å². The van der Waals surface area contributed by atoms with Gasteiger partial charge in [0.2, 0.25) is 5.88 Å². The molecule has 120 valence electrons. The monoisotopic (exact) mass is 314 g/mol. The maximum atomic E-state index is 11.5. The smallest absolute Gasteiger partial charge is 0.352 e. The van der Waals surface area contributed by atoms with E-state index in [1.807, 2.05) is 33.2 Å². The van der Waals surface area contributed by atoms with Gasteiger partial charge in [-0.2, -0.15) is 5.10 Å². The first kappa shape index (κ1) is 15.1. The summed E-state index contributed by atoms with van der Waals surface area (Å²) in [5.74, 6) is -0.491. The van der Waals surface area contributed by atoms with Crippen molar-refractivity contribution in [1.29, 1.82) is 0 Å². The van der Waals surface area contributed by atoms with E-state index in [2.05, 4.69) is 10.1 Å². The fourth-order valence-electron chi connectivity index (χ4n) is 2.74. The van der Waals surface area contributed by atoms with Crippen LogP contribution in [0.5, 0.6) is 5.88 Å². The number of aryl methyl sites for hydroxylation is 1. The third-order valence-corrected chi connectivity index (χ3v) is 3.82. The van der Waals surface area contributed by atoms with Crippen LogP contribution in [0.2, 0.25) is 0 Å². The third-order valence-electron chi connectivity index (χ3n) is 3.82. The van der Waals surface area contributed by atoms with E-state index in [9.17, 15) is 9.90 Å². The van der Waals surface area contributed by atoms with Crippen LogP contribution in [0.4, 0.5) is 0 Å². The summed E-state index contributed by atoms with van der Waals surface area (Å²) >= 11 is 0. The molecule has 23 heavy (non-hydrogen) atoms. The predicted octanol–water partition coefficient (Wildman–Crippen LogP) is 2.72. The molecule has 0 unspecified atom stereocenters. The number of nitrogens with zero attached hydrogens (tertiary/aromatic N) is 4. The van der Waals surface area contributed by atoms with Crippen molar-refractivity contribution in [2.45, 2.75) is 19.9 Å².